The molecule has 2 rings (SSSR count). The van der Waals surface area contributed by atoms with Gasteiger partial charge in [-0.2, -0.15) is 0 Å². The van der Waals surface area contributed by atoms with Gasteiger partial charge in [-0.3, -0.25) is 0 Å². The van der Waals surface area contributed by atoms with Crippen molar-refractivity contribution in [3.8, 4) is 0 Å². The van der Waals surface area contributed by atoms with E-state index in [1.54, 1.807) is 0 Å². The van der Waals surface area contributed by atoms with Gasteiger partial charge in [0, 0.05) is 11.1 Å². The number of imidazole rings is 1. The number of benzene rings is 1. The Kier molecular flexibility index (Phi) is 3.39. The van der Waals surface area contributed by atoms with Crippen LogP contribution in [0, 0.1) is 0 Å². The zero-order valence-electron chi connectivity index (χ0n) is 11.6. The number of halogens is 1. The van der Waals surface area contributed by atoms with E-state index in [9.17, 15) is 0 Å². The number of nitrogens with zero attached hydrogens (tertiary/aromatic N) is 2. The molecule has 4 heteroatoms. The summed E-state index contributed by atoms with van der Waals surface area (Å²) in [6.45, 7) is 8.61. The van der Waals surface area contributed by atoms with Crippen LogP contribution in [0.25, 0.3) is 11.0 Å². The highest BCUT2D eigenvalue weighted by atomic mass is 35.5. The molecule has 98 valence electrons. The topological polar surface area (TPSA) is 29.9 Å². The van der Waals surface area contributed by atoms with Crippen molar-refractivity contribution in [2.75, 3.05) is 7.05 Å². The third-order valence-electron chi connectivity index (χ3n) is 3.35. The number of hydrogen-bond acceptors (Lipinski definition) is 2. The molecule has 0 bridgehead atoms. The Bertz CT molecular complexity index is 570. The lowest BCUT2D eigenvalue weighted by Gasteiger charge is -2.26. The second-order valence-corrected chi connectivity index (χ2v) is 5.84. The van der Waals surface area contributed by atoms with Crippen LogP contribution in [0.3, 0.4) is 0 Å². The van der Waals surface area contributed by atoms with E-state index in [0.717, 1.165) is 21.9 Å². The standard InChI is InChI=1S/C14H20ClN3/c1-9(2)18-12-7-6-10(15)8-11(12)17-13(18)14(3,4)16-5/h6-9,16H,1-5H3. The highest BCUT2D eigenvalue weighted by molar-refractivity contribution is 6.31. The molecule has 0 aliphatic rings. The molecule has 1 aromatic heterocycles. The summed E-state index contributed by atoms with van der Waals surface area (Å²) in [5.41, 5.74) is 1.91. The molecule has 2 aromatic rings. The first kappa shape index (κ1) is 13.4. The third kappa shape index (κ3) is 2.13. The van der Waals surface area contributed by atoms with Crippen LogP contribution in [0.2, 0.25) is 5.02 Å². The number of fused-ring (bicyclic) bond motifs is 1. The Morgan fingerprint density at radius 1 is 1.33 bits per heavy atom. The normalized spacial score (nSPS) is 12.6. The Morgan fingerprint density at radius 2 is 2.00 bits per heavy atom. The average molecular weight is 266 g/mol. The molecule has 0 radical (unpaired) electrons. The molecule has 1 aromatic carbocycles. The van der Waals surface area contributed by atoms with Gasteiger partial charge in [-0.25, -0.2) is 4.98 Å². The maximum atomic E-state index is 6.04. The van der Waals surface area contributed by atoms with Crippen molar-refractivity contribution >= 4 is 22.6 Å². The van der Waals surface area contributed by atoms with Gasteiger partial charge in [0.05, 0.1) is 16.6 Å². The SMILES string of the molecule is CNC(C)(C)c1nc2cc(Cl)ccc2n1C(C)C. The second-order valence-electron chi connectivity index (χ2n) is 5.41. The van der Waals surface area contributed by atoms with Crippen molar-refractivity contribution in [3.63, 3.8) is 0 Å². The smallest absolute Gasteiger partial charge is 0.129 e. The maximum Gasteiger partial charge on any atom is 0.129 e. The van der Waals surface area contributed by atoms with Crippen molar-refractivity contribution in [3.05, 3.63) is 29.0 Å². The van der Waals surface area contributed by atoms with Crippen molar-refractivity contribution in [1.29, 1.82) is 0 Å². The summed E-state index contributed by atoms with van der Waals surface area (Å²) in [5.74, 6) is 1.04. The summed E-state index contributed by atoms with van der Waals surface area (Å²) in [4.78, 5) is 4.75. The van der Waals surface area contributed by atoms with Crippen LogP contribution in [-0.4, -0.2) is 16.6 Å². The van der Waals surface area contributed by atoms with E-state index < -0.39 is 0 Å². The molecule has 0 unspecified atom stereocenters. The molecule has 0 saturated heterocycles. The number of rotatable bonds is 3. The Balaban J connectivity index is 2.77. The van der Waals surface area contributed by atoms with Crippen molar-refractivity contribution in [2.45, 2.75) is 39.3 Å². The van der Waals surface area contributed by atoms with Crippen LogP contribution in [-0.2, 0) is 5.54 Å². The minimum atomic E-state index is -0.171. The van der Waals surface area contributed by atoms with Crippen LogP contribution in [0.1, 0.15) is 39.6 Å². The lowest BCUT2D eigenvalue weighted by molar-refractivity contribution is 0.387. The van der Waals surface area contributed by atoms with Gasteiger partial charge < -0.3 is 9.88 Å². The predicted molar refractivity (Wildman–Crippen MR) is 77.2 cm³/mol. The van der Waals surface area contributed by atoms with E-state index in [4.69, 9.17) is 16.6 Å². The molecule has 0 amide bonds. The van der Waals surface area contributed by atoms with Gasteiger partial charge in [0.25, 0.3) is 0 Å². The van der Waals surface area contributed by atoms with Crippen LogP contribution in [0.5, 0.6) is 0 Å². The van der Waals surface area contributed by atoms with Crippen LogP contribution < -0.4 is 5.32 Å². The largest absolute Gasteiger partial charge is 0.324 e. The lowest BCUT2D eigenvalue weighted by Crippen LogP contribution is -2.36. The monoisotopic (exact) mass is 265 g/mol. The summed E-state index contributed by atoms with van der Waals surface area (Å²) < 4.78 is 2.27. The summed E-state index contributed by atoms with van der Waals surface area (Å²) in [6.07, 6.45) is 0. The molecule has 3 nitrogen and oxygen atoms in total. The van der Waals surface area contributed by atoms with Gasteiger partial charge in [-0.1, -0.05) is 11.6 Å². The van der Waals surface area contributed by atoms with Gasteiger partial charge in [0.1, 0.15) is 5.82 Å². The Labute approximate surface area is 113 Å². The molecule has 0 aliphatic heterocycles. The maximum absolute atomic E-state index is 6.04. The molecular weight excluding hydrogens is 246 g/mol. The summed E-state index contributed by atoms with van der Waals surface area (Å²) in [7, 11) is 1.96. The summed E-state index contributed by atoms with van der Waals surface area (Å²) in [5, 5.41) is 4.04. The quantitative estimate of drug-likeness (QED) is 0.917. The highest BCUT2D eigenvalue weighted by Gasteiger charge is 2.26. The Morgan fingerprint density at radius 3 is 2.56 bits per heavy atom. The third-order valence-corrected chi connectivity index (χ3v) is 3.59. The molecule has 0 atom stereocenters. The van der Waals surface area contributed by atoms with E-state index in [-0.39, 0.29) is 5.54 Å². The molecule has 1 N–H and O–H groups in total. The molecule has 18 heavy (non-hydrogen) atoms. The van der Waals surface area contributed by atoms with E-state index in [1.807, 2.05) is 25.2 Å². The number of hydrogen-bond donors (Lipinski definition) is 1. The van der Waals surface area contributed by atoms with E-state index in [0.29, 0.717) is 6.04 Å². The minimum Gasteiger partial charge on any atom is -0.324 e. The van der Waals surface area contributed by atoms with E-state index in [1.165, 1.54) is 0 Å². The van der Waals surface area contributed by atoms with Crippen LogP contribution in [0.4, 0.5) is 0 Å². The first-order valence-corrected chi connectivity index (χ1v) is 6.61. The van der Waals surface area contributed by atoms with Gasteiger partial charge in [0.2, 0.25) is 0 Å². The fraction of sp³-hybridized carbons (Fsp3) is 0.500. The van der Waals surface area contributed by atoms with Crippen molar-refractivity contribution < 1.29 is 0 Å². The lowest BCUT2D eigenvalue weighted by atomic mass is 10.0. The van der Waals surface area contributed by atoms with E-state index >= 15 is 0 Å². The molecule has 1 heterocycles. The minimum absolute atomic E-state index is 0.171. The molecule has 0 fully saturated rings. The average Bonchev–Trinajstić information content (AvgIpc) is 2.68. The van der Waals surface area contributed by atoms with Gasteiger partial charge in [-0.15, -0.1) is 0 Å². The predicted octanol–water partition coefficient (Wildman–Crippen LogP) is 3.73. The molecule has 0 spiro atoms. The van der Waals surface area contributed by atoms with Crippen molar-refractivity contribution in [1.82, 2.24) is 14.9 Å². The fourth-order valence-corrected chi connectivity index (χ4v) is 2.31. The zero-order valence-corrected chi connectivity index (χ0v) is 12.3. The van der Waals surface area contributed by atoms with Gasteiger partial charge in [-0.05, 0) is 52.9 Å². The number of aromatic nitrogens is 2. The molecule has 0 aliphatic carbocycles. The number of nitrogens with one attached hydrogen (secondary N) is 1. The Hall–Kier alpha value is -1.06. The van der Waals surface area contributed by atoms with Crippen LogP contribution in [0.15, 0.2) is 18.2 Å². The van der Waals surface area contributed by atoms with E-state index in [2.05, 4.69) is 37.6 Å². The molecule has 0 saturated carbocycles. The fourth-order valence-electron chi connectivity index (χ4n) is 2.15. The first-order chi connectivity index (χ1) is 8.36. The van der Waals surface area contributed by atoms with Crippen LogP contribution >= 0.6 is 11.6 Å². The summed E-state index contributed by atoms with van der Waals surface area (Å²) in [6, 6.07) is 6.24. The summed E-state index contributed by atoms with van der Waals surface area (Å²) >= 11 is 6.04. The second kappa shape index (κ2) is 4.56. The molecular formula is C14H20ClN3. The zero-order chi connectivity index (χ0) is 13.5. The van der Waals surface area contributed by atoms with Gasteiger partial charge >= 0.3 is 0 Å². The van der Waals surface area contributed by atoms with Crippen molar-refractivity contribution in [2.24, 2.45) is 0 Å². The first-order valence-electron chi connectivity index (χ1n) is 6.23. The highest BCUT2D eigenvalue weighted by Crippen LogP contribution is 2.29. The van der Waals surface area contributed by atoms with Gasteiger partial charge in [0.15, 0.2) is 0 Å².